The number of amides is 2. The van der Waals surface area contributed by atoms with Crippen LogP contribution in [0.5, 0.6) is 0 Å². The summed E-state index contributed by atoms with van der Waals surface area (Å²) in [6.07, 6.45) is 0.990. The predicted molar refractivity (Wildman–Crippen MR) is 133 cm³/mol. The third kappa shape index (κ3) is 5.06. The normalized spacial score (nSPS) is 20.0. The summed E-state index contributed by atoms with van der Waals surface area (Å²) < 4.78 is 45.3. The molecule has 0 aliphatic heterocycles. The first-order valence-electron chi connectivity index (χ1n) is 12.0. The van der Waals surface area contributed by atoms with Gasteiger partial charge in [-0.15, -0.1) is 0 Å². The van der Waals surface area contributed by atoms with E-state index in [9.17, 15) is 28.2 Å². The fourth-order valence-corrected chi connectivity index (χ4v) is 5.14. The Morgan fingerprint density at radius 2 is 1.62 bits per heavy atom. The van der Waals surface area contributed by atoms with E-state index < -0.39 is 52.8 Å². The molecule has 3 aromatic rings. The molecule has 2 aliphatic rings. The molecule has 0 saturated heterocycles. The maximum absolute atomic E-state index is 13.9. The molecule has 0 spiro atoms. The van der Waals surface area contributed by atoms with E-state index in [1.54, 1.807) is 36.6 Å². The van der Waals surface area contributed by atoms with Crippen LogP contribution in [0.1, 0.15) is 49.1 Å². The lowest BCUT2D eigenvalue weighted by atomic mass is 9.78. The number of carbonyl (C=O) groups excluding carboxylic acids is 2. The monoisotopic (exact) mass is 525 g/mol. The second-order valence-corrected chi connectivity index (χ2v) is 11.3. The molecule has 2 N–H and O–H groups in total. The number of furan rings is 1. The summed E-state index contributed by atoms with van der Waals surface area (Å²) in [7, 11) is 0. The Hall–Kier alpha value is -3.42. The fraction of sp³-hybridized carbons (Fsp3) is 0.370. The second kappa shape index (κ2) is 9.15. The van der Waals surface area contributed by atoms with Crippen LogP contribution in [0.4, 0.5) is 8.78 Å². The van der Waals surface area contributed by atoms with Crippen molar-refractivity contribution in [2.75, 3.05) is 6.26 Å². The molecule has 2 aromatic carbocycles. The van der Waals surface area contributed by atoms with Crippen molar-refractivity contribution in [3.05, 3.63) is 54.3 Å². The molecule has 10 heteroatoms. The van der Waals surface area contributed by atoms with Gasteiger partial charge in [-0.25, -0.2) is 8.78 Å². The van der Waals surface area contributed by atoms with Gasteiger partial charge < -0.3 is 19.6 Å². The third-order valence-corrected chi connectivity index (χ3v) is 8.14. The van der Waals surface area contributed by atoms with E-state index in [-0.39, 0.29) is 18.6 Å². The van der Waals surface area contributed by atoms with Crippen molar-refractivity contribution in [1.29, 1.82) is 5.26 Å². The number of hydrogen-bond donors (Lipinski definition) is 2. The molecule has 1 aromatic heterocycles. The van der Waals surface area contributed by atoms with Crippen molar-refractivity contribution in [1.82, 2.24) is 10.6 Å². The number of nitrogens with zero attached hydrogens (tertiary/aromatic N) is 1. The molecule has 2 fully saturated rings. The molecule has 0 bridgehead atoms. The van der Waals surface area contributed by atoms with Gasteiger partial charge in [-0.3, -0.25) is 9.59 Å². The van der Waals surface area contributed by atoms with Crippen molar-refractivity contribution in [3.63, 3.8) is 0 Å². The van der Waals surface area contributed by atoms with E-state index >= 15 is 0 Å². The lowest BCUT2D eigenvalue weighted by molar-refractivity contribution is -0.133. The number of alkyl halides is 2. The number of hydrogen-bond acceptors (Lipinski definition) is 5. The van der Waals surface area contributed by atoms with Gasteiger partial charge in [0.2, 0.25) is 11.8 Å². The number of nitriles is 1. The number of nitrogens with one attached hydrogen (secondary N) is 2. The van der Waals surface area contributed by atoms with Gasteiger partial charge in [-0.1, -0.05) is 12.1 Å². The highest BCUT2D eigenvalue weighted by atomic mass is 32.2. The number of rotatable bonds is 6. The number of carbonyl (C=O) groups is 2. The van der Waals surface area contributed by atoms with Crippen molar-refractivity contribution < 1.29 is 27.3 Å². The number of benzene rings is 2. The zero-order valence-corrected chi connectivity index (χ0v) is 20.9. The van der Waals surface area contributed by atoms with Gasteiger partial charge in [0.25, 0.3) is 5.91 Å². The highest BCUT2D eigenvalue weighted by molar-refractivity contribution is 7.90. The highest BCUT2D eigenvalue weighted by Crippen LogP contribution is 2.41. The fourth-order valence-electron chi connectivity index (χ4n) is 4.62. The van der Waals surface area contributed by atoms with Gasteiger partial charge in [0, 0.05) is 18.2 Å². The molecular weight excluding hydrogens is 500 g/mol. The minimum Gasteiger partial charge on any atom is -0.612 e. The first-order chi connectivity index (χ1) is 17.5. The largest absolute Gasteiger partial charge is 0.612 e. The number of fused-ring (bicyclic) bond motifs is 1. The molecule has 0 radical (unpaired) electrons. The van der Waals surface area contributed by atoms with Crippen molar-refractivity contribution in [2.24, 2.45) is 0 Å². The summed E-state index contributed by atoms with van der Waals surface area (Å²) in [5, 5.41) is 15.3. The van der Waals surface area contributed by atoms with Crippen LogP contribution >= 0.6 is 0 Å². The lowest BCUT2D eigenvalue weighted by Gasteiger charge is -2.39. The zero-order chi connectivity index (χ0) is 26.4. The summed E-state index contributed by atoms with van der Waals surface area (Å²) in [6.45, 7) is 0. The molecular formula is C27H25F2N3O4S. The van der Waals surface area contributed by atoms with Gasteiger partial charge in [0.1, 0.15) is 22.9 Å². The second-order valence-electron chi connectivity index (χ2n) is 9.88. The Bertz CT molecular complexity index is 1400. The van der Waals surface area contributed by atoms with Crippen LogP contribution < -0.4 is 10.6 Å². The number of halogens is 2. The van der Waals surface area contributed by atoms with Gasteiger partial charge in [0.05, 0.1) is 6.07 Å². The Balaban J connectivity index is 1.38. The van der Waals surface area contributed by atoms with Crippen molar-refractivity contribution in [3.8, 4) is 17.2 Å². The molecule has 37 heavy (non-hydrogen) atoms. The molecule has 1 heterocycles. The molecule has 1 atom stereocenters. The maximum atomic E-state index is 13.9. The molecule has 5 rings (SSSR count). The Kier molecular flexibility index (Phi) is 6.24. The Morgan fingerprint density at radius 3 is 2.22 bits per heavy atom. The third-order valence-electron chi connectivity index (χ3n) is 7.20. The first-order valence-corrected chi connectivity index (χ1v) is 13.5. The maximum Gasteiger partial charge on any atom is 0.287 e. The van der Waals surface area contributed by atoms with Crippen LogP contribution in [0.2, 0.25) is 0 Å². The summed E-state index contributed by atoms with van der Waals surface area (Å²) >= 11 is -1.08. The topological polar surface area (TPSA) is 118 Å². The molecule has 2 amide bonds. The first kappa shape index (κ1) is 25.2. The van der Waals surface area contributed by atoms with Crippen LogP contribution in [0.15, 0.2) is 57.8 Å². The van der Waals surface area contributed by atoms with Crippen LogP contribution in [0, 0.1) is 11.3 Å². The smallest absolute Gasteiger partial charge is 0.287 e. The average molecular weight is 526 g/mol. The Morgan fingerprint density at radius 1 is 0.973 bits per heavy atom. The molecule has 2 saturated carbocycles. The van der Waals surface area contributed by atoms with Gasteiger partial charge in [0.15, 0.2) is 10.7 Å². The van der Waals surface area contributed by atoms with Crippen molar-refractivity contribution in [2.45, 2.75) is 60.4 Å². The van der Waals surface area contributed by atoms with Gasteiger partial charge in [-0.2, -0.15) is 5.26 Å². The highest BCUT2D eigenvalue weighted by Gasteiger charge is 2.53. The molecule has 192 valence electrons. The zero-order valence-electron chi connectivity index (χ0n) is 20.1. The van der Waals surface area contributed by atoms with E-state index in [2.05, 4.69) is 16.7 Å². The standard InChI is InChI=1S/C27H25F2N3O4S/c1-37(35)20-6-4-17(5-7-20)18-2-3-19-15-22(36-21(19)14-18)23(33)31-26(10-12-27(28,29)13-11-26)24(34)32-25(16-30)8-9-25/h2-7,14-15H,8-13H2,1H3,(H,31,33)(H,32,34). The lowest BCUT2D eigenvalue weighted by Crippen LogP contribution is -2.62. The molecule has 1 unspecified atom stereocenters. The van der Waals surface area contributed by atoms with Crippen LogP contribution in [0.3, 0.4) is 0 Å². The quantitative estimate of drug-likeness (QED) is 0.453. The van der Waals surface area contributed by atoms with E-state index in [0.29, 0.717) is 28.7 Å². The van der Waals surface area contributed by atoms with Crippen LogP contribution in [0.25, 0.3) is 22.1 Å². The average Bonchev–Trinajstić information content (AvgIpc) is 3.52. The van der Waals surface area contributed by atoms with E-state index in [1.807, 2.05) is 18.2 Å². The van der Waals surface area contributed by atoms with E-state index in [4.69, 9.17) is 4.42 Å². The van der Waals surface area contributed by atoms with Crippen LogP contribution in [-0.4, -0.2) is 39.6 Å². The molecule has 7 nitrogen and oxygen atoms in total. The van der Waals surface area contributed by atoms with Gasteiger partial charge >= 0.3 is 0 Å². The minimum absolute atomic E-state index is 0.0465. The summed E-state index contributed by atoms with van der Waals surface area (Å²) in [5.41, 5.74) is -0.394. The summed E-state index contributed by atoms with van der Waals surface area (Å²) in [4.78, 5) is 27.1. The van der Waals surface area contributed by atoms with E-state index in [1.165, 1.54) is 0 Å². The van der Waals surface area contributed by atoms with Crippen LogP contribution in [-0.2, 0) is 16.0 Å². The Labute approximate surface area is 215 Å². The minimum atomic E-state index is -2.92. The SMILES string of the molecule is C[S+]([O-])c1ccc(-c2ccc3cc(C(=O)NC4(C(=O)NC5(C#N)CC5)CCC(F)(F)CC4)oc3c2)cc1. The predicted octanol–water partition coefficient (Wildman–Crippen LogP) is 4.69. The van der Waals surface area contributed by atoms with E-state index in [0.717, 1.165) is 11.1 Å². The summed E-state index contributed by atoms with van der Waals surface area (Å²) in [5.74, 6) is -4.27. The van der Waals surface area contributed by atoms with Gasteiger partial charge in [-0.05, 0) is 84.4 Å². The van der Waals surface area contributed by atoms with Crippen molar-refractivity contribution >= 4 is 34.0 Å². The summed E-state index contributed by atoms with van der Waals surface area (Å²) in [6, 6.07) is 16.3. The molecule has 2 aliphatic carbocycles.